The van der Waals surface area contributed by atoms with Gasteiger partial charge < -0.3 is 5.32 Å². The minimum Gasteiger partial charge on any atom is -0.383 e. The molecule has 1 aromatic rings. The number of nitrogens with one attached hydrogen (secondary N) is 1. The van der Waals surface area contributed by atoms with Gasteiger partial charge in [-0.15, -0.1) is 0 Å². The van der Waals surface area contributed by atoms with Crippen molar-refractivity contribution in [3.8, 4) is 0 Å². The van der Waals surface area contributed by atoms with Crippen LogP contribution in [0, 0.1) is 0 Å². The van der Waals surface area contributed by atoms with E-state index in [2.05, 4.69) is 5.32 Å². The highest BCUT2D eigenvalue weighted by molar-refractivity contribution is 7.92. The molecule has 1 aliphatic heterocycles. The van der Waals surface area contributed by atoms with Gasteiger partial charge in [-0.1, -0.05) is 12.1 Å². The average Bonchev–Trinajstić information content (AvgIpc) is 2.25. The minimum atomic E-state index is -3.15. The van der Waals surface area contributed by atoms with Crippen molar-refractivity contribution in [1.82, 2.24) is 0 Å². The molecule has 0 atom stereocenters. The van der Waals surface area contributed by atoms with E-state index in [1.54, 1.807) is 0 Å². The van der Waals surface area contributed by atoms with Crippen LogP contribution in [0.1, 0.15) is 13.3 Å². The van der Waals surface area contributed by atoms with Crippen LogP contribution in [0.3, 0.4) is 0 Å². The topological polar surface area (TPSA) is 49.4 Å². The van der Waals surface area contributed by atoms with E-state index in [0.717, 1.165) is 11.4 Å². The molecule has 1 aliphatic rings. The SMILES string of the molecule is CCN1c2ccccc2NCCCS1(=O)=O. The fourth-order valence-corrected chi connectivity index (χ4v) is 3.53. The van der Waals surface area contributed by atoms with Crippen molar-refractivity contribution < 1.29 is 8.42 Å². The molecule has 4 nitrogen and oxygen atoms in total. The highest BCUT2D eigenvalue weighted by atomic mass is 32.2. The van der Waals surface area contributed by atoms with Crippen LogP contribution in [0.5, 0.6) is 0 Å². The molecule has 88 valence electrons. The zero-order valence-electron chi connectivity index (χ0n) is 9.31. The number of nitrogens with zero attached hydrogens (tertiary/aromatic N) is 1. The maximum Gasteiger partial charge on any atom is 0.235 e. The fourth-order valence-electron chi connectivity index (χ4n) is 1.95. The third-order valence-electron chi connectivity index (χ3n) is 2.69. The summed E-state index contributed by atoms with van der Waals surface area (Å²) in [5, 5.41) is 3.26. The largest absolute Gasteiger partial charge is 0.383 e. The molecule has 0 amide bonds. The number of para-hydroxylation sites is 2. The van der Waals surface area contributed by atoms with Crippen LogP contribution in [0.2, 0.25) is 0 Å². The van der Waals surface area contributed by atoms with Crippen molar-refractivity contribution in [3.63, 3.8) is 0 Å². The van der Waals surface area contributed by atoms with Gasteiger partial charge >= 0.3 is 0 Å². The number of fused-ring (bicyclic) bond motifs is 1. The molecule has 2 rings (SSSR count). The molecule has 1 heterocycles. The number of hydrogen-bond donors (Lipinski definition) is 1. The van der Waals surface area contributed by atoms with Gasteiger partial charge in [0.2, 0.25) is 10.0 Å². The summed E-state index contributed by atoms with van der Waals surface area (Å²) in [5.74, 6) is 0.210. The van der Waals surface area contributed by atoms with Crippen LogP contribution in [0.4, 0.5) is 11.4 Å². The van der Waals surface area contributed by atoms with Crippen molar-refractivity contribution in [2.24, 2.45) is 0 Å². The van der Waals surface area contributed by atoms with E-state index in [-0.39, 0.29) is 5.75 Å². The molecular formula is C11H16N2O2S. The van der Waals surface area contributed by atoms with E-state index in [1.165, 1.54) is 4.31 Å². The van der Waals surface area contributed by atoms with Crippen LogP contribution in [0.25, 0.3) is 0 Å². The Morgan fingerprint density at radius 2 is 2.12 bits per heavy atom. The number of hydrogen-bond acceptors (Lipinski definition) is 3. The smallest absolute Gasteiger partial charge is 0.235 e. The summed E-state index contributed by atoms with van der Waals surface area (Å²) in [6, 6.07) is 7.53. The van der Waals surface area contributed by atoms with Crippen molar-refractivity contribution in [1.29, 1.82) is 0 Å². The van der Waals surface area contributed by atoms with Crippen LogP contribution >= 0.6 is 0 Å². The van der Waals surface area contributed by atoms with Gasteiger partial charge in [-0.05, 0) is 25.5 Å². The Kier molecular flexibility index (Phi) is 3.05. The first kappa shape index (κ1) is 11.3. The van der Waals surface area contributed by atoms with Gasteiger partial charge in [-0.3, -0.25) is 4.31 Å². The van der Waals surface area contributed by atoms with Gasteiger partial charge in [-0.2, -0.15) is 0 Å². The number of rotatable bonds is 1. The maximum atomic E-state index is 12.0. The average molecular weight is 240 g/mol. The second-order valence-electron chi connectivity index (χ2n) is 3.78. The molecule has 1 N–H and O–H groups in total. The Bertz CT molecular complexity index is 471. The van der Waals surface area contributed by atoms with Gasteiger partial charge in [0.05, 0.1) is 17.1 Å². The molecule has 0 aromatic heterocycles. The molecule has 1 aromatic carbocycles. The van der Waals surface area contributed by atoms with E-state index in [0.29, 0.717) is 19.5 Å². The van der Waals surface area contributed by atoms with E-state index in [9.17, 15) is 8.42 Å². The molecule has 0 saturated carbocycles. The molecule has 0 unspecified atom stereocenters. The minimum absolute atomic E-state index is 0.210. The van der Waals surface area contributed by atoms with E-state index in [1.807, 2.05) is 31.2 Å². The first-order chi connectivity index (χ1) is 7.65. The predicted molar refractivity (Wildman–Crippen MR) is 66.4 cm³/mol. The Hall–Kier alpha value is -1.23. The predicted octanol–water partition coefficient (Wildman–Crippen LogP) is 1.66. The Balaban J connectivity index is 2.53. The molecule has 0 radical (unpaired) electrons. The molecule has 0 bridgehead atoms. The Morgan fingerprint density at radius 1 is 1.38 bits per heavy atom. The summed E-state index contributed by atoms with van der Waals surface area (Å²) in [4.78, 5) is 0. The number of benzene rings is 1. The van der Waals surface area contributed by atoms with Gasteiger partial charge in [0, 0.05) is 13.1 Å². The highest BCUT2D eigenvalue weighted by Crippen LogP contribution is 2.29. The number of anilines is 2. The highest BCUT2D eigenvalue weighted by Gasteiger charge is 2.24. The first-order valence-corrected chi connectivity index (χ1v) is 7.09. The van der Waals surface area contributed by atoms with Gasteiger partial charge in [-0.25, -0.2) is 8.42 Å². The lowest BCUT2D eigenvalue weighted by molar-refractivity contribution is 0.589. The van der Waals surface area contributed by atoms with Crippen LogP contribution in [0.15, 0.2) is 24.3 Å². The third-order valence-corrected chi connectivity index (χ3v) is 4.62. The Labute approximate surface area is 96.3 Å². The molecule has 0 spiro atoms. The lowest BCUT2D eigenvalue weighted by atomic mass is 10.2. The van der Waals surface area contributed by atoms with E-state index < -0.39 is 10.0 Å². The monoisotopic (exact) mass is 240 g/mol. The molecule has 0 fully saturated rings. The molecule has 5 heteroatoms. The van der Waals surface area contributed by atoms with Gasteiger partial charge in [0.1, 0.15) is 0 Å². The second-order valence-corrected chi connectivity index (χ2v) is 5.79. The normalized spacial score (nSPS) is 19.2. The summed E-state index contributed by atoms with van der Waals surface area (Å²) in [6.07, 6.45) is 0.646. The first-order valence-electron chi connectivity index (χ1n) is 5.48. The molecule has 16 heavy (non-hydrogen) atoms. The quantitative estimate of drug-likeness (QED) is 0.812. The van der Waals surface area contributed by atoms with Crippen LogP contribution in [-0.2, 0) is 10.0 Å². The standard InChI is InChI=1S/C11H16N2O2S/c1-2-13-11-7-4-3-6-10(11)12-8-5-9-16(13,14)15/h3-4,6-7,12H,2,5,8-9H2,1H3. The van der Waals surface area contributed by atoms with E-state index in [4.69, 9.17) is 0 Å². The summed E-state index contributed by atoms with van der Waals surface area (Å²) >= 11 is 0. The molecule has 0 aliphatic carbocycles. The zero-order chi connectivity index (χ0) is 11.6. The molecule has 0 saturated heterocycles. The van der Waals surface area contributed by atoms with Crippen molar-refractivity contribution in [3.05, 3.63) is 24.3 Å². The summed E-state index contributed by atoms with van der Waals surface area (Å²) < 4.78 is 25.6. The van der Waals surface area contributed by atoms with Gasteiger partial charge in [0.15, 0.2) is 0 Å². The van der Waals surface area contributed by atoms with Crippen LogP contribution < -0.4 is 9.62 Å². The number of sulfonamides is 1. The third kappa shape index (κ3) is 2.00. The Morgan fingerprint density at radius 3 is 2.88 bits per heavy atom. The lowest BCUT2D eigenvalue weighted by Gasteiger charge is -2.27. The maximum absolute atomic E-state index is 12.0. The zero-order valence-corrected chi connectivity index (χ0v) is 10.1. The summed E-state index contributed by atoms with van der Waals surface area (Å²) in [5.41, 5.74) is 1.65. The summed E-state index contributed by atoms with van der Waals surface area (Å²) in [6.45, 7) is 3.03. The fraction of sp³-hybridized carbons (Fsp3) is 0.455. The van der Waals surface area contributed by atoms with Gasteiger partial charge in [0.25, 0.3) is 0 Å². The summed E-state index contributed by atoms with van der Waals surface area (Å²) in [7, 11) is -3.15. The lowest BCUT2D eigenvalue weighted by Crippen LogP contribution is -2.35. The van der Waals surface area contributed by atoms with Crippen LogP contribution in [-0.4, -0.2) is 27.3 Å². The van der Waals surface area contributed by atoms with E-state index >= 15 is 0 Å². The van der Waals surface area contributed by atoms with Crippen molar-refractivity contribution >= 4 is 21.4 Å². The van der Waals surface area contributed by atoms with Crippen molar-refractivity contribution in [2.45, 2.75) is 13.3 Å². The molecular weight excluding hydrogens is 224 g/mol. The second kappa shape index (κ2) is 4.33. The van der Waals surface area contributed by atoms with Crippen molar-refractivity contribution in [2.75, 3.05) is 28.5 Å².